The molecule has 0 bridgehead atoms. The van der Waals surface area contributed by atoms with Crippen molar-refractivity contribution in [1.29, 1.82) is 0 Å². The van der Waals surface area contributed by atoms with Crippen LogP contribution in [0.25, 0.3) is 10.9 Å². The van der Waals surface area contributed by atoms with E-state index < -0.39 is 0 Å². The molecule has 3 heteroatoms. The number of hydrogen-bond donors (Lipinski definition) is 1. The van der Waals surface area contributed by atoms with Gasteiger partial charge in [0.15, 0.2) is 0 Å². The van der Waals surface area contributed by atoms with E-state index in [0.29, 0.717) is 0 Å². The van der Waals surface area contributed by atoms with Crippen LogP contribution in [0.5, 0.6) is 0 Å². The van der Waals surface area contributed by atoms with Crippen LogP contribution >= 0.6 is 0 Å². The molecule has 0 saturated heterocycles. The monoisotopic (exact) mass is 215 g/mol. The minimum Gasteiger partial charge on any atom is -0.324 e. The third kappa shape index (κ3) is 1.35. The molecule has 1 fully saturated rings. The summed E-state index contributed by atoms with van der Waals surface area (Å²) in [6.07, 6.45) is 2.61. The molecule has 1 aromatic heterocycles. The number of fused-ring (bicyclic) bond motifs is 1. The maximum absolute atomic E-state index is 5.98. The van der Waals surface area contributed by atoms with E-state index in [1.54, 1.807) is 0 Å². The highest BCUT2D eigenvalue weighted by atomic mass is 15.3. The molecule has 1 heterocycles. The van der Waals surface area contributed by atoms with Crippen LogP contribution in [0.1, 0.15) is 43.0 Å². The first-order chi connectivity index (χ1) is 7.68. The second-order valence-corrected chi connectivity index (χ2v) is 4.82. The van der Waals surface area contributed by atoms with Gasteiger partial charge < -0.3 is 5.73 Å². The molecule has 0 amide bonds. The summed E-state index contributed by atoms with van der Waals surface area (Å²) in [4.78, 5) is 0. The van der Waals surface area contributed by atoms with Gasteiger partial charge >= 0.3 is 0 Å². The fourth-order valence-electron chi connectivity index (χ4n) is 2.47. The largest absolute Gasteiger partial charge is 0.324 e. The van der Waals surface area contributed by atoms with E-state index in [9.17, 15) is 0 Å². The number of rotatable bonds is 2. The van der Waals surface area contributed by atoms with Crippen LogP contribution in [0.3, 0.4) is 0 Å². The molecule has 16 heavy (non-hydrogen) atoms. The van der Waals surface area contributed by atoms with Crippen molar-refractivity contribution in [3.63, 3.8) is 0 Å². The Kier molecular flexibility index (Phi) is 2.04. The van der Waals surface area contributed by atoms with Gasteiger partial charge in [-0.1, -0.05) is 18.2 Å². The van der Waals surface area contributed by atoms with Gasteiger partial charge in [0.2, 0.25) is 0 Å². The average Bonchev–Trinajstić information content (AvgIpc) is 3.00. The molecule has 2 aromatic rings. The maximum atomic E-state index is 5.98. The highest BCUT2D eigenvalue weighted by molar-refractivity contribution is 5.85. The lowest BCUT2D eigenvalue weighted by molar-refractivity contribution is 0.720. The summed E-state index contributed by atoms with van der Waals surface area (Å²) in [6.45, 7) is 2.01. The zero-order chi connectivity index (χ0) is 11.3. The number of nitrogens with zero attached hydrogens (tertiary/aromatic N) is 2. The maximum Gasteiger partial charge on any atom is 0.0973 e. The number of aryl methyl sites for hydroxylation is 1. The van der Waals surface area contributed by atoms with Crippen molar-refractivity contribution in [1.82, 2.24) is 9.78 Å². The SMILES string of the molecule is CC(N)c1cccc2c(C3CC3)n(C)nc12. The molecule has 0 spiro atoms. The fraction of sp³-hybridized carbons (Fsp3) is 0.462. The van der Waals surface area contributed by atoms with Gasteiger partial charge in [-0.25, -0.2) is 0 Å². The molecule has 1 aromatic carbocycles. The van der Waals surface area contributed by atoms with Crippen LogP contribution in [0.2, 0.25) is 0 Å². The van der Waals surface area contributed by atoms with Crippen molar-refractivity contribution in [3.05, 3.63) is 29.5 Å². The van der Waals surface area contributed by atoms with Gasteiger partial charge in [0.05, 0.1) is 5.52 Å². The Morgan fingerprint density at radius 1 is 1.44 bits per heavy atom. The number of benzene rings is 1. The minimum absolute atomic E-state index is 0.0469. The third-order valence-electron chi connectivity index (χ3n) is 3.40. The van der Waals surface area contributed by atoms with Crippen molar-refractivity contribution in [2.24, 2.45) is 12.8 Å². The van der Waals surface area contributed by atoms with E-state index in [0.717, 1.165) is 17.0 Å². The molecule has 1 unspecified atom stereocenters. The number of hydrogen-bond acceptors (Lipinski definition) is 2. The second kappa shape index (κ2) is 3.32. The molecule has 84 valence electrons. The Morgan fingerprint density at radius 2 is 2.19 bits per heavy atom. The summed E-state index contributed by atoms with van der Waals surface area (Å²) in [6, 6.07) is 6.39. The third-order valence-corrected chi connectivity index (χ3v) is 3.40. The summed E-state index contributed by atoms with van der Waals surface area (Å²) in [5.41, 5.74) is 9.61. The smallest absolute Gasteiger partial charge is 0.0973 e. The first kappa shape index (κ1) is 9.85. The lowest BCUT2D eigenvalue weighted by Gasteiger charge is -2.05. The molecule has 1 saturated carbocycles. The highest BCUT2D eigenvalue weighted by Gasteiger charge is 2.29. The van der Waals surface area contributed by atoms with Gasteiger partial charge in [0, 0.05) is 30.1 Å². The first-order valence-electron chi connectivity index (χ1n) is 5.89. The van der Waals surface area contributed by atoms with Crippen LogP contribution < -0.4 is 5.73 Å². The van der Waals surface area contributed by atoms with Crippen molar-refractivity contribution >= 4 is 10.9 Å². The van der Waals surface area contributed by atoms with Crippen LogP contribution in [0, 0.1) is 0 Å². The van der Waals surface area contributed by atoms with Gasteiger partial charge in [-0.2, -0.15) is 5.10 Å². The van der Waals surface area contributed by atoms with Crippen LogP contribution in [-0.4, -0.2) is 9.78 Å². The molecule has 1 aliphatic carbocycles. The fourth-order valence-corrected chi connectivity index (χ4v) is 2.47. The van der Waals surface area contributed by atoms with E-state index in [1.165, 1.54) is 23.9 Å². The Hall–Kier alpha value is -1.35. The van der Waals surface area contributed by atoms with E-state index in [4.69, 9.17) is 5.73 Å². The van der Waals surface area contributed by atoms with Gasteiger partial charge in [-0.15, -0.1) is 0 Å². The molecule has 2 N–H and O–H groups in total. The number of aromatic nitrogens is 2. The van der Waals surface area contributed by atoms with E-state index in [-0.39, 0.29) is 6.04 Å². The van der Waals surface area contributed by atoms with Crippen molar-refractivity contribution in [2.45, 2.75) is 31.7 Å². The molecule has 1 atom stereocenters. The lowest BCUT2D eigenvalue weighted by atomic mass is 10.0. The van der Waals surface area contributed by atoms with Gasteiger partial charge in [0.1, 0.15) is 0 Å². The standard InChI is InChI=1S/C13H17N3/c1-8(14)10-4-3-5-11-12(10)15-16(2)13(11)9-6-7-9/h3-5,8-9H,6-7,14H2,1-2H3. The Labute approximate surface area is 95.2 Å². The predicted octanol–water partition coefficient (Wildman–Crippen LogP) is 2.47. The molecular formula is C13H17N3. The zero-order valence-electron chi connectivity index (χ0n) is 9.77. The van der Waals surface area contributed by atoms with Crippen LogP contribution in [0.4, 0.5) is 0 Å². The Balaban J connectivity index is 2.29. The van der Waals surface area contributed by atoms with Crippen molar-refractivity contribution in [2.75, 3.05) is 0 Å². The van der Waals surface area contributed by atoms with Gasteiger partial charge in [-0.3, -0.25) is 4.68 Å². The Morgan fingerprint density at radius 3 is 2.81 bits per heavy atom. The van der Waals surface area contributed by atoms with Crippen molar-refractivity contribution < 1.29 is 0 Å². The van der Waals surface area contributed by atoms with Crippen molar-refractivity contribution in [3.8, 4) is 0 Å². The molecule has 3 nitrogen and oxygen atoms in total. The average molecular weight is 215 g/mol. The topological polar surface area (TPSA) is 43.8 Å². The Bertz CT molecular complexity index is 535. The summed E-state index contributed by atoms with van der Waals surface area (Å²) < 4.78 is 2.04. The van der Waals surface area contributed by atoms with E-state index in [2.05, 4.69) is 23.3 Å². The zero-order valence-corrected chi connectivity index (χ0v) is 9.77. The van der Waals surface area contributed by atoms with Gasteiger partial charge in [0.25, 0.3) is 0 Å². The van der Waals surface area contributed by atoms with Crippen LogP contribution in [0.15, 0.2) is 18.2 Å². The quantitative estimate of drug-likeness (QED) is 0.836. The molecule has 1 aliphatic rings. The lowest BCUT2D eigenvalue weighted by Crippen LogP contribution is -2.05. The minimum atomic E-state index is 0.0469. The normalized spacial score (nSPS) is 17.9. The van der Waals surface area contributed by atoms with E-state index >= 15 is 0 Å². The summed E-state index contributed by atoms with van der Waals surface area (Å²) in [5, 5.41) is 5.92. The highest BCUT2D eigenvalue weighted by Crippen LogP contribution is 2.43. The number of nitrogens with two attached hydrogens (primary N) is 1. The predicted molar refractivity (Wildman–Crippen MR) is 65.3 cm³/mol. The second-order valence-electron chi connectivity index (χ2n) is 4.82. The molecule has 0 aliphatic heterocycles. The summed E-state index contributed by atoms with van der Waals surface area (Å²) in [7, 11) is 2.04. The summed E-state index contributed by atoms with van der Waals surface area (Å²) >= 11 is 0. The van der Waals surface area contributed by atoms with Gasteiger partial charge in [-0.05, 0) is 25.3 Å². The van der Waals surface area contributed by atoms with E-state index in [1.807, 2.05) is 18.7 Å². The first-order valence-corrected chi connectivity index (χ1v) is 5.89. The molecule has 0 radical (unpaired) electrons. The molecule has 3 rings (SSSR count). The summed E-state index contributed by atoms with van der Waals surface area (Å²) in [5.74, 6) is 0.721. The van der Waals surface area contributed by atoms with Crippen LogP contribution in [-0.2, 0) is 7.05 Å². The molecular weight excluding hydrogens is 198 g/mol.